The lowest BCUT2D eigenvalue weighted by Crippen LogP contribution is -2.30. The van der Waals surface area contributed by atoms with Crippen molar-refractivity contribution >= 4 is 39.5 Å². The lowest BCUT2D eigenvalue weighted by molar-refractivity contribution is -0.161. The molecule has 0 aromatic heterocycles. The average Bonchev–Trinajstić information content (AvgIpc) is 2.14. The van der Waals surface area contributed by atoms with Gasteiger partial charge in [-0.15, -0.1) is 0 Å². The number of carbonyl (C=O) groups is 4. The predicted molar refractivity (Wildman–Crippen MR) is 372 cm³/mol. The van der Waals surface area contributed by atoms with Gasteiger partial charge in [0.15, 0.2) is 12.2 Å². The van der Waals surface area contributed by atoms with Crippen molar-refractivity contribution in [3.05, 3.63) is 0 Å². The largest absolute Gasteiger partial charge is 0.472 e. The van der Waals surface area contributed by atoms with Gasteiger partial charge in [0, 0.05) is 25.7 Å². The molecule has 5 atom stereocenters. The van der Waals surface area contributed by atoms with Crippen LogP contribution in [-0.4, -0.2) is 96.7 Å². The van der Waals surface area contributed by atoms with E-state index in [0.717, 1.165) is 109 Å². The summed E-state index contributed by atoms with van der Waals surface area (Å²) in [5.41, 5.74) is 0. The Balaban J connectivity index is 5.20. The topological polar surface area (TPSA) is 237 Å². The fraction of sp³-hybridized carbons (Fsp3) is 0.945. The zero-order chi connectivity index (χ0) is 67.7. The van der Waals surface area contributed by atoms with Crippen molar-refractivity contribution < 1.29 is 80.2 Å². The molecule has 0 aliphatic rings. The molecule has 546 valence electrons. The second kappa shape index (κ2) is 66.3. The minimum atomic E-state index is -4.95. The van der Waals surface area contributed by atoms with Crippen LogP contribution in [0.3, 0.4) is 0 Å². The van der Waals surface area contributed by atoms with Gasteiger partial charge in [0.05, 0.1) is 26.4 Å². The van der Waals surface area contributed by atoms with Crippen LogP contribution in [-0.2, 0) is 65.4 Å². The maximum absolute atomic E-state index is 13.0. The molecule has 17 nitrogen and oxygen atoms in total. The van der Waals surface area contributed by atoms with Crippen LogP contribution in [0.15, 0.2) is 0 Å². The Morgan fingerprint density at radius 3 is 0.739 bits per heavy atom. The number of aliphatic hydroxyl groups excluding tert-OH is 1. The van der Waals surface area contributed by atoms with Gasteiger partial charge >= 0.3 is 39.5 Å². The third-order valence-corrected chi connectivity index (χ3v) is 18.9. The number of hydrogen-bond donors (Lipinski definition) is 3. The van der Waals surface area contributed by atoms with Crippen molar-refractivity contribution in [2.45, 2.75) is 400 Å². The number of phosphoric ester groups is 2. The molecule has 0 rings (SSSR count). The average molecular weight is 1350 g/mol. The summed E-state index contributed by atoms with van der Waals surface area (Å²) in [6.07, 6.45) is 54.1. The highest BCUT2D eigenvalue weighted by molar-refractivity contribution is 7.47. The fourth-order valence-corrected chi connectivity index (χ4v) is 12.8. The maximum atomic E-state index is 13.0. The van der Waals surface area contributed by atoms with E-state index in [-0.39, 0.29) is 25.7 Å². The normalized spacial score (nSPS) is 14.0. The van der Waals surface area contributed by atoms with E-state index >= 15 is 0 Å². The lowest BCUT2D eigenvalue weighted by atomic mass is 10.0. The molecule has 0 spiro atoms. The van der Waals surface area contributed by atoms with Gasteiger partial charge in [-0.3, -0.25) is 37.3 Å². The van der Waals surface area contributed by atoms with Crippen LogP contribution in [0.5, 0.6) is 0 Å². The van der Waals surface area contributed by atoms with E-state index in [0.29, 0.717) is 25.7 Å². The molecular weight excluding hydrogens is 1210 g/mol. The van der Waals surface area contributed by atoms with Gasteiger partial charge in [-0.2, -0.15) is 0 Å². The highest BCUT2D eigenvalue weighted by Gasteiger charge is 2.30. The Morgan fingerprint density at radius 2 is 0.500 bits per heavy atom. The van der Waals surface area contributed by atoms with Gasteiger partial charge < -0.3 is 33.8 Å². The minimum absolute atomic E-state index is 0.108. The minimum Gasteiger partial charge on any atom is -0.462 e. The van der Waals surface area contributed by atoms with E-state index in [9.17, 15) is 43.2 Å². The molecule has 0 saturated carbocycles. The van der Waals surface area contributed by atoms with Gasteiger partial charge in [-0.1, -0.05) is 330 Å². The van der Waals surface area contributed by atoms with Crippen LogP contribution < -0.4 is 0 Å². The van der Waals surface area contributed by atoms with E-state index in [1.165, 1.54) is 193 Å². The van der Waals surface area contributed by atoms with E-state index in [1.54, 1.807) is 0 Å². The Labute approximate surface area is 562 Å². The van der Waals surface area contributed by atoms with Gasteiger partial charge in [0.2, 0.25) is 0 Å². The lowest BCUT2D eigenvalue weighted by Gasteiger charge is -2.21. The number of carbonyl (C=O) groups excluding carboxylic acids is 4. The number of unbranched alkanes of at least 4 members (excludes halogenated alkanes) is 45. The highest BCUT2D eigenvalue weighted by Crippen LogP contribution is 2.45. The van der Waals surface area contributed by atoms with E-state index in [2.05, 4.69) is 34.6 Å². The molecular formula is C73H142O17P2. The summed E-state index contributed by atoms with van der Waals surface area (Å²) >= 11 is 0. The molecule has 0 aliphatic heterocycles. The smallest absolute Gasteiger partial charge is 0.462 e. The van der Waals surface area contributed by atoms with Crippen LogP contribution in [0.2, 0.25) is 0 Å². The molecule has 3 N–H and O–H groups in total. The molecule has 92 heavy (non-hydrogen) atoms. The van der Waals surface area contributed by atoms with Crippen molar-refractivity contribution in [1.29, 1.82) is 0 Å². The monoisotopic (exact) mass is 1350 g/mol. The van der Waals surface area contributed by atoms with Crippen LogP contribution in [0.4, 0.5) is 0 Å². The van der Waals surface area contributed by atoms with Gasteiger partial charge in [0.25, 0.3) is 0 Å². The first-order valence-corrected chi connectivity index (χ1v) is 41.1. The van der Waals surface area contributed by atoms with E-state index in [4.69, 9.17) is 37.0 Å². The molecule has 0 bridgehead atoms. The zero-order valence-electron chi connectivity index (χ0n) is 59.7. The molecule has 0 aromatic rings. The molecule has 0 aromatic carbocycles. The third kappa shape index (κ3) is 66.7. The summed E-state index contributed by atoms with van der Waals surface area (Å²) in [6, 6.07) is 0. The Bertz CT molecular complexity index is 1770. The van der Waals surface area contributed by atoms with Crippen molar-refractivity contribution in [3.63, 3.8) is 0 Å². The zero-order valence-corrected chi connectivity index (χ0v) is 61.5. The van der Waals surface area contributed by atoms with E-state index < -0.39 is 97.5 Å². The first-order valence-electron chi connectivity index (χ1n) is 38.1. The number of ether oxygens (including phenoxy) is 4. The predicted octanol–water partition coefficient (Wildman–Crippen LogP) is 21.3. The Kier molecular flexibility index (Phi) is 64.9. The summed E-state index contributed by atoms with van der Waals surface area (Å²) in [5, 5.41) is 10.6. The second-order valence-corrected chi connectivity index (χ2v) is 29.7. The second-order valence-electron chi connectivity index (χ2n) is 26.8. The van der Waals surface area contributed by atoms with Gasteiger partial charge in [0.1, 0.15) is 19.3 Å². The van der Waals surface area contributed by atoms with Gasteiger partial charge in [-0.05, 0) is 31.6 Å². The molecule has 0 aliphatic carbocycles. The highest BCUT2D eigenvalue weighted by atomic mass is 31.2. The summed E-state index contributed by atoms with van der Waals surface area (Å²) in [7, 11) is -9.90. The molecule has 0 saturated heterocycles. The quantitative estimate of drug-likeness (QED) is 0.0222. The molecule has 0 heterocycles. The third-order valence-electron chi connectivity index (χ3n) is 17.0. The number of aliphatic hydroxyl groups is 1. The number of hydrogen-bond acceptors (Lipinski definition) is 15. The molecule has 0 amide bonds. The van der Waals surface area contributed by atoms with Crippen molar-refractivity contribution in [2.24, 2.45) is 5.92 Å². The summed E-state index contributed by atoms with van der Waals surface area (Å²) < 4.78 is 68.3. The number of rotatable bonds is 73. The SMILES string of the molecule is CCCCCCCCCCCCCCCCC(=O)OC[C@H](COP(=O)(O)OC[C@@H](O)COP(=O)(O)OC[C@@H](COC(=O)CCCCCCCCC)OC(=O)CCCCCCCCCCCCCCCC)OC(=O)CCCCCCCCCCCCCCCCC(C)C. The maximum Gasteiger partial charge on any atom is 0.472 e. The number of phosphoric acid groups is 2. The van der Waals surface area contributed by atoms with Crippen LogP contribution in [0.25, 0.3) is 0 Å². The van der Waals surface area contributed by atoms with Crippen molar-refractivity contribution in [3.8, 4) is 0 Å². The van der Waals surface area contributed by atoms with Crippen LogP contribution >= 0.6 is 15.6 Å². The molecule has 0 radical (unpaired) electrons. The van der Waals surface area contributed by atoms with Crippen molar-refractivity contribution in [2.75, 3.05) is 39.6 Å². The van der Waals surface area contributed by atoms with Crippen LogP contribution in [0.1, 0.15) is 381 Å². The van der Waals surface area contributed by atoms with E-state index in [1.807, 2.05) is 0 Å². The molecule has 0 fully saturated rings. The van der Waals surface area contributed by atoms with Crippen molar-refractivity contribution in [1.82, 2.24) is 0 Å². The molecule has 19 heteroatoms. The number of esters is 4. The first-order chi connectivity index (χ1) is 44.5. The Morgan fingerprint density at radius 1 is 0.293 bits per heavy atom. The summed E-state index contributed by atoms with van der Waals surface area (Å²) in [6.45, 7) is 7.26. The Hall–Kier alpha value is -1.94. The van der Waals surface area contributed by atoms with Gasteiger partial charge in [-0.25, -0.2) is 9.13 Å². The molecule has 2 unspecified atom stereocenters. The van der Waals surface area contributed by atoms with Crippen LogP contribution in [0, 0.1) is 5.92 Å². The fourth-order valence-electron chi connectivity index (χ4n) is 11.2. The standard InChI is InChI=1S/C73H142O17P2/c1-6-9-12-15-18-20-22-24-29-33-37-42-47-52-57-71(76)84-63-69(90-73(78)59-54-49-44-39-35-31-27-26-28-32-36-41-45-50-55-66(4)5)65-88-92(81,82)86-61-67(74)60-85-91(79,80)87-64-68(62-83-70(75)56-51-46-40-17-14-11-8-3)89-72(77)58-53-48-43-38-34-30-25-23-21-19-16-13-10-7-2/h66-69,74H,6-65H2,1-5H3,(H,79,80)(H,81,82)/t67-,68+,69+/m0/s1. The first kappa shape index (κ1) is 90.1. The summed E-state index contributed by atoms with van der Waals surface area (Å²) in [4.78, 5) is 72.6. The summed E-state index contributed by atoms with van der Waals surface area (Å²) in [5.74, 6) is -1.32.